The number of β-amino-alcohol motifs (C(OH)–C–C–N with tert-alkyl or cyclic N) is 2. The van der Waals surface area contributed by atoms with Gasteiger partial charge in [-0.3, -0.25) is 9.59 Å². The average Bonchev–Trinajstić information content (AvgIpc) is 3.50. The molecule has 1 unspecified atom stereocenters. The smallest absolute Gasteiger partial charge is 0.275 e. The van der Waals surface area contributed by atoms with Gasteiger partial charge >= 0.3 is 0 Å². The Morgan fingerprint density at radius 1 is 1.27 bits per heavy atom. The summed E-state index contributed by atoms with van der Waals surface area (Å²) in [6.45, 7) is 2.88. The van der Waals surface area contributed by atoms with Crippen LogP contribution in [0.15, 0.2) is 53.8 Å². The number of ether oxygens (including phenoxy) is 1. The summed E-state index contributed by atoms with van der Waals surface area (Å²) in [5.74, 6) is 0.258. The maximum atomic E-state index is 13.9. The molecule has 5 rings (SSSR count). The highest BCUT2D eigenvalue weighted by molar-refractivity contribution is 5.85. The zero-order valence-corrected chi connectivity index (χ0v) is 21.5. The van der Waals surface area contributed by atoms with Crippen LogP contribution in [-0.2, 0) is 17.8 Å². The number of amides is 1. The van der Waals surface area contributed by atoms with Gasteiger partial charge in [0.15, 0.2) is 0 Å². The van der Waals surface area contributed by atoms with Crippen LogP contribution in [0.4, 0.5) is 4.39 Å². The molecular formula is C28H27FN6O5. The van der Waals surface area contributed by atoms with Crippen molar-refractivity contribution in [3.8, 4) is 11.8 Å². The van der Waals surface area contributed by atoms with Gasteiger partial charge in [-0.2, -0.15) is 10.4 Å². The van der Waals surface area contributed by atoms with Crippen molar-refractivity contribution in [1.29, 1.82) is 5.26 Å². The third-order valence-corrected chi connectivity index (χ3v) is 6.77. The molecule has 1 aliphatic heterocycles. The van der Waals surface area contributed by atoms with Crippen LogP contribution in [0.5, 0.6) is 5.75 Å². The summed E-state index contributed by atoms with van der Waals surface area (Å²) in [5.41, 5.74) is 1.34. The molecule has 206 valence electrons. The Hall–Kier alpha value is -4.60. The summed E-state index contributed by atoms with van der Waals surface area (Å²) in [4.78, 5) is 35.0. The number of fused-ring (bicyclic) bond motifs is 2. The Labute approximate surface area is 227 Å². The van der Waals surface area contributed by atoms with Crippen LogP contribution in [0.1, 0.15) is 23.5 Å². The van der Waals surface area contributed by atoms with Crippen LogP contribution >= 0.6 is 0 Å². The van der Waals surface area contributed by atoms with Gasteiger partial charge in [0.1, 0.15) is 37.0 Å². The zero-order valence-electron chi connectivity index (χ0n) is 21.5. The standard InChI is InChI=1S/C28H27FN6O5/c1-2-5-17(29)15-40-25-9-22-21(8-16(25)11-30)31-26(32-22)10-20-18-6-3-4-7-19(18)28(39)35(33-20)14-27(38)34-12-23(36)24(37)13-34/h2-4,6-9,17,23-24,36-37H,1,5,10,12-15H2,(H,31,32)/t17?,23-,24-/m0/s1. The number of alkyl halides is 1. The third kappa shape index (κ3) is 5.42. The molecule has 3 N–H and O–H groups in total. The largest absolute Gasteiger partial charge is 0.489 e. The van der Waals surface area contributed by atoms with Crippen molar-refractivity contribution in [3.63, 3.8) is 0 Å². The highest BCUT2D eigenvalue weighted by Crippen LogP contribution is 2.26. The minimum atomic E-state index is -1.25. The Balaban J connectivity index is 1.45. The molecule has 2 aromatic carbocycles. The van der Waals surface area contributed by atoms with Gasteiger partial charge in [0.05, 0.1) is 46.3 Å². The first kappa shape index (κ1) is 27.0. The second-order valence-electron chi connectivity index (χ2n) is 9.66. The minimum absolute atomic E-state index is 0.0230. The van der Waals surface area contributed by atoms with E-state index < -0.39 is 29.8 Å². The molecule has 0 bridgehead atoms. The summed E-state index contributed by atoms with van der Waals surface area (Å²) in [6.07, 6.45) is -1.56. The molecular weight excluding hydrogens is 519 g/mol. The average molecular weight is 547 g/mol. The fourth-order valence-corrected chi connectivity index (χ4v) is 4.71. The third-order valence-electron chi connectivity index (χ3n) is 6.77. The molecule has 2 aromatic heterocycles. The van der Waals surface area contributed by atoms with Gasteiger partial charge in [-0.1, -0.05) is 24.3 Å². The summed E-state index contributed by atoms with van der Waals surface area (Å²) >= 11 is 0. The summed E-state index contributed by atoms with van der Waals surface area (Å²) in [5, 5.41) is 34.6. The first-order chi connectivity index (χ1) is 19.3. The molecule has 4 aromatic rings. The number of likely N-dealkylation sites (tertiary alicyclic amines) is 1. The number of carbonyl (C=O) groups is 1. The normalized spacial score (nSPS) is 17.7. The molecule has 12 heteroatoms. The van der Waals surface area contributed by atoms with Gasteiger partial charge in [-0.25, -0.2) is 14.1 Å². The first-order valence-corrected chi connectivity index (χ1v) is 12.7. The number of carbonyl (C=O) groups excluding carboxylic acids is 1. The second kappa shape index (κ2) is 11.3. The van der Waals surface area contributed by atoms with Crippen molar-refractivity contribution >= 4 is 27.7 Å². The highest BCUT2D eigenvalue weighted by atomic mass is 19.1. The van der Waals surface area contributed by atoms with E-state index in [1.165, 1.54) is 11.0 Å². The monoisotopic (exact) mass is 546 g/mol. The molecule has 0 aliphatic carbocycles. The number of aliphatic hydroxyl groups is 2. The number of aromatic nitrogens is 4. The summed E-state index contributed by atoms with van der Waals surface area (Å²) < 4.78 is 20.5. The van der Waals surface area contributed by atoms with E-state index in [4.69, 9.17) is 4.74 Å². The molecule has 11 nitrogen and oxygen atoms in total. The number of aliphatic hydroxyl groups excluding tert-OH is 2. The number of nitrogens with zero attached hydrogens (tertiary/aromatic N) is 5. The predicted octanol–water partition coefficient (Wildman–Crippen LogP) is 1.59. The molecule has 3 atom stereocenters. The Bertz CT molecular complexity index is 1680. The number of rotatable bonds is 9. The molecule has 1 aliphatic rings. The lowest BCUT2D eigenvalue weighted by molar-refractivity contribution is -0.131. The van der Waals surface area contributed by atoms with Crippen LogP contribution in [0.3, 0.4) is 0 Å². The van der Waals surface area contributed by atoms with E-state index in [0.29, 0.717) is 33.3 Å². The molecule has 1 fully saturated rings. The number of benzene rings is 2. The van der Waals surface area contributed by atoms with E-state index in [0.717, 1.165) is 4.68 Å². The van der Waals surface area contributed by atoms with Crippen molar-refractivity contribution in [3.05, 3.63) is 76.5 Å². The molecule has 0 saturated carbocycles. The van der Waals surface area contributed by atoms with Gasteiger partial charge in [0.25, 0.3) is 5.56 Å². The maximum Gasteiger partial charge on any atom is 0.275 e. The van der Waals surface area contributed by atoms with Crippen LogP contribution in [0.2, 0.25) is 0 Å². The lowest BCUT2D eigenvalue weighted by atomic mass is 10.1. The van der Waals surface area contributed by atoms with Gasteiger partial charge in [-0.05, 0) is 18.6 Å². The van der Waals surface area contributed by atoms with Crippen molar-refractivity contribution < 1.29 is 24.1 Å². The Kier molecular flexibility index (Phi) is 7.59. The van der Waals surface area contributed by atoms with Crippen LogP contribution in [-0.4, -0.2) is 78.8 Å². The number of hydrogen-bond acceptors (Lipinski definition) is 8. The number of nitrogens with one attached hydrogen (secondary N) is 1. The number of imidazole rings is 1. The lowest BCUT2D eigenvalue weighted by Gasteiger charge is -2.16. The Morgan fingerprint density at radius 3 is 2.70 bits per heavy atom. The molecule has 3 heterocycles. The number of H-pyrrole nitrogens is 1. The number of hydrogen-bond donors (Lipinski definition) is 3. The van der Waals surface area contributed by atoms with Gasteiger partial charge in [0, 0.05) is 24.5 Å². The van der Waals surface area contributed by atoms with Crippen molar-refractivity contribution in [2.75, 3.05) is 19.7 Å². The minimum Gasteiger partial charge on any atom is -0.489 e. The SMILES string of the molecule is C=CCC(F)COc1cc2nc(Cc3nn(CC(=O)N4C[C@H](O)[C@@H](O)C4)c(=O)c4ccccc34)[nH]c2cc1C#N. The first-order valence-electron chi connectivity index (χ1n) is 12.7. The number of halogens is 1. The van der Waals surface area contributed by atoms with E-state index in [2.05, 4.69) is 27.7 Å². The summed E-state index contributed by atoms with van der Waals surface area (Å²) in [6, 6.07) is 12.1. The van der Waals surface area contributed by atoms with Gasteiger partial charge in [-0.15, -0.1) is 6.58 Å². The van der Waals surface area contributed by atoms with E-state index in [9.17, 15) is 29.5 Å². The predicted molar refractivity (Wildman–Crippen MR) is 143 cm³/mol. The molecule has 0 spiro atoms. The van der Waals surface area contributed by atoms with E-state index >= 15 is 0 Å². The maximum absolute atomic E-state index is 13.9. The fraction of sp³-hybridized carbons (Fsp3) is 0.321. The highest BCUT2D eigenvalue weighted by Gasteiger charge is 2.32. The van der Waals surface area contributed by atoms with Crippen LogP contribution in [0, 0.1) is 11.3 Å². The van der Waals surface area contributed by atoms with Crippen LogP contribution < -0.4 is 10.3 Å². The number of nitriles is 1. The fourth-order valence-electron chi connectivity index (χ4n) is 4.71. The van der Waals surface area contributed by atoms with Crippen molar-refractivity contribution in [2.24, 2.45) is 0 Å². The quantitative estimate of drug-likeness (QED) is 0.267. The Morgan fingerprint density at radius 2 is 2.00 bits per heavy atom. The molecule has 1 amide bonds. The summed E-state index contributed by atoms with van der Waals surface area (Å²) in [7, 11) is 0. The molecule has 0 radical (unpaired) electrons. The van der Waals surface area contributed by atoms with Gasteiger partial charge < -0.3 is 24.8 Å². The number of allylic oxidation sites excluding steroid dienone is 1. The lowest BCUT2D eigenvalue weighted by Crippen LogP contribution is -2.37. The van der Waals surface area contributed by atoms with Crippen molar-refractivity contribution in [2.45, 2.75) is 37.8 Å². The second-order valence-corrected chi connectivity index (χ2v) is 9.66. The zero-order chi connectivity index (χ0) is 28.4. The van der Waals surface area contributed by atoms with Crippen molar-refractivity contribution in [1.82, 2.24) is 24.6 Å². The van der Waals surface area contributed by atoms with E-state index in [1.54, 1.807) is 36.4 Å². The van der Waals surface area contributed by atoms with Crippen LogP contribution in [0.25, 0.3) is 21.8 Å². The molecule has 1 saturated heterocycles. The van der Waals surface area contributed by atoms with E-state index in [-0.39, 0.29) is 50.4 Å². The van der Waals surface area contributed by atoms with Gasteiger partial charge in [0.2, 0.25) is 5.91 Å². The van der Waals surface area contributed by atoms with E-state index in [1.807, 2.05) is 0 Å². The number of aromatic amines is 1. The molecule has 40 heavy (non-hydrogen) atoms. The topological polar surface area (TPSA) is 157 Å².